The van der Waals surface area contributed by atoms with E-state index < -0.39 is 0 Å². The first-order valence-electron chi connectivity index (χ1n) is 11.0. The number of aryl methyl sites for hydroxylation is 1. The van der Waals surface area contributed by atoms with Crippen LogP contribution in [0.2, 0.25) is 0 Å². The van der Waals surface area contributed by atoms with Crippen molar-refractivity contribution >= 4 is 11.8 Å². The van der Waals surface area contributed by atoms with Crippen molar-refractivity contribution < 1.29 is 9.59 Å². The van der Waals surface area contributed by atoms with E-state index in [9.17, 15) is 9.59 Å². The number of rotatable bonds is 7. The van der Waals surface area contributed by atoms with Crippen LogP contribution in [0.3, 0.4) is 0 Å². The van der Waals surface area contributed by atoms with E-state index in [1.54, 1.807) is 6.20 Å². The number of carbonyl (C=O) groups is 2. The minimum Gasteiger partial charge on any atom is -0.351 e. The molecule has 9 heteroatoms. The molecule has 0 saturated carbocycles. The number of amides is 2. The third kappa shape index (κ3) is 5.08. The number of H-pyrrole nitrogens is 1. The molecule has 30 heavy (non-hydrogen) atoms. The molecule has 1 fully saturated rings. The largest absolute Gasteiger partial charge is 0.351 e. The predicted molar refractivity (Wildman–Crippen MR) is 112 cm³/mol. The van der Waals surface area contributed by atoms with Crippen LogP contribution in [0, 0.1) is 0 Å². The Kier molecular flexibility index (Phi) is 6.78. The molecule has 0 unspecified atom stereocenters. The molecule has 0 aliphatic carbocycles. The van der Waals surface area contributed by atoms with Gasteiger partial charge in [-0.15, -0.1) is 0 Å². The Bertz CT molecular complexity index is 838. The van der Waals surface area contributed by atoms with Crippen LogP contribution in [-0.4, -0.2) is 74.3 Å². The summed E-state index contributed by atoms with van der Waals surface area (Å²) >= 11 is 0. The Morgan fingerprint density at radius 2 is 1.97 bits per heavy atom. The fraction of sp³-hybridized carbons (Fsp3) is 0.619. The third-order valence-electron chi connectivity index (χ3n) is 5.97. The van der Waals surface area contributed by atoms with Crippen molar-refractivity contribution in [1.29, 1.82) is 0 Å². The molecule has 0 aromatic carbocycles. The zero-order chi connectivity index (χ0) is 20.8. The van der Waals surface area contributed by atoms with Gasteiger partial charge in [0, 0.05) is 37.6 Å². The van der Waals surface area contributed by atoms with Crippen LogP contribution in [0.1, 0.15) is 53.8 Å². The molecule has 0 atom stereocenters. The van der Waals surface area contributed by atoms with E-state index in [-0.39, 0.29) is 11.8 Å². The standard InChI is InChI=1S/C21H31N7O2/c29-19(16-26-10-3-1-2-4-11-26)27-14-7-17-18(15-27)24-25-20(17)21(30)22-8-5-12-28-13-6-9-23-28/h6,9,13H,1-5,7-8,10-12,14-16H2,(H,22,30)(H,24,25). The summed E-state index contributed by atoms with van der Waals surface area (Å²) in [6, 6.07) is 1.89. The fourth-order valence-electron chi connectivity index (χ4n) is 4.26. The predicted octanol–water partition coefficient (Wildman–Crippen LogP) is 1.19. The zero-order valence-corrected chi connectivity index (χ0v) is 17.5. The third-order valence-corrected chi connectivity index (χ3v) is 5.97. The van der Waals surface area contributed by atoms with Gasteiger partial charge in [-0.25, -0.2) is 0 Å². The van der Waals surface area contributed by atoms with E-state index >= 15 is 0 Å². The van der Waals surface area contributed by atoms with E-state index in [4.69, 9.17) is 0 Å². The lowest BCUT2D eigenvalue weighted by molar-refractivity contribution is -0.133. The minimum atomic E-state index is -0.155. The Balaban J connectivity index is 1.26. The van der Waals surface area contributed by atoms with Crippen molar-refractivity contribution in [3.05, 3.63) is 35.4 Å². The van der Waals surface area contributed by atoms with E-state index in [0.29, 0.717) is 38.3 Å². The summed E-state index contributed by atoms with van der Waals surface area (Å²) < 4.78 is 1.85. The Hall–Kier alpha value is -2.68. The molecule has 2 N–H and O–H groups in total. The normalized spacial score (nSPS) is 17.4. The average Bonchev–Trinajstić information content (AvgIpc) is 3.35. The van der Waals surface area contributed by atoms with Gasteiger partial charge in [0.1, 0.15) is 0 Å². The van der Waals surface area contributed by atoms with Crippen LogP contribution in [0.25, 0.3) is 0 Å². The van der Waals surface area contributed by atoms with Gasteiger partial charge in [-0.2, -0.15) is 10.2 Å². The molecule has 2 aromatic rings. The van der Waals surface area contributed by atoms with Crippen molar-refractivity contribution in [2.45, 2.75) is 51.6 Å². The monoisotopic (exact) mass is 413 g/mol. The molecule has 4 rings (SSSR count). The van der Waals surface area contributed by atoms with Gasteiger partial charge in [0.2, 0.25) is 5.91 Å². The molecule has 162 valence electrons. The summed E-state index contributed by atoms with van der Waals surface area (Å²) in [4.78, 5) is 29.5. The molecular weight excluding hydrogens is 382 g/mol. The molecule has 4 heterocycles. The first-order valence-corrected chi connectivity index (χ1v) is 11.0. The van der Waals surface area contributed by atoms with Crippen molar-refractivity contribution in [2.24, 2.45) is 0 Å². The second-order valence-corrected chi connectivity index (χ2v) is 8.16. The quantitative estimate of drug-likeness (QED) is 0.665. The molecule has 0 bridgehead atoms. The van der Waals surface area contributed by atoms with Gasteiger partial charge in [0.05, 0.1) is 18.8 Å². The minimum absolute atomic E-state index is 0.155. The molecule has 2 aliphatic rings. The molecule has 2 amide bonds. The number of aromatic nitrogens is 4. The molecule has 0 spiro atoms. The number of nitrogens with one attached hydrogen (secondary N) is 2. The van der Waals surface area contributed by atoms with Gasteiger partial charge in [-0.3, -0.25) is 24.3 Å². The Labute approximate surface area is 176 Å². The highest BCUT2D eigenvalue weighted by molar-refractivity contribution is 5.94. The average molecular weight is 414 g/mol. The number of aromatic amines is 1. The smallest absolute Gasteiger partial charge is 0.272 e. The maximum atomic E-state index is 12.8. The lowest BCUT2D eigenvalue weighted by Crippen LogP contribution is -2.43. The van der Waals surface area contributed by atoms with Gasteiger partial charge in [0.25, 0.3) is 5.91 Å². The lowest BCUT2D eigenvalue weighted by atomic mass is 10.0. The summed E-state index contributed by atoms with van der Waals surface area (Å²) in [7, 11) is 0. The number of hydrogen-bond acceptors (Lipinski definition) is 5. The van der Waals surface area contributed by atoms with E-state index in [1.165, 1.54) is 25.7 Å². The SMILES string of the molecule is O=C(NCCCn1cccn1)c1n[nH]c2c1CCN(C(=O)CN1CCCCCC1)C2. The van der Waals surface area contributed by atoms with Crippen molar-refractivity contribution in [2.75, 3.05) is 32.7 Å². The summed E-state index contributed by atoms with van der Waals surface area (Å²) in [5, 5.41) is 14.3. The maximum Gasteiger partial charge on any atom is 0.272 e. The molecule has 2 aliphatic heterocycles. The molecular formula is C21H31N7O2. The molecule has 0 radical (unpaired) electrons. The van der Waals surface area contributed by atoms with Crippen LogP contribution in [0.15, 0.2) is 18.5 Å². The number of nitrogens with zero attached hydrogens (tertiary/aromatic N) is 5. The highest BCUT2D eigenvalue weighted by Crippen LogP contribution is 2.21. The summed E-state index contributed by atoms with van der Waals surface area (Å²) in [6.45, 7) is 4.99. The summed E-state index contributed by atoms with van der Waals surface area (Å²) in [5.74, 6) is 0.0130. The van der Waals surface area contributed by atoms with Crippen LogP contribution < -0.4 is 5.32 Å². The van der Waals surface area contributed by atoms with Gasteiger partial charge in [0.15, 0.2) is 5.69 Å². The zero-order valence-electron chi connectivity index (χ0n) is 17.5. The maximum absolute atomic E-state index is 12.8. The number of hydrogen-bond donors (Lipinski definition) is 2. The molecule has 2 aromatic heterocycles. The van der Waals surface area contributed by atoms with Crippen molar-refractivity contribution in [1.82, 2.24) is 35.1 Å². The van der Waals surface area contributed by atoms with Gasteiger partial charge < -0.3 is 10.2 Å². The number of likely N-dealkylation sites (tertiary alicyclic amines) is 1. The van der Waals surface area contributed by atoms with Crippen LogP contribution in [0.5, 0.6) is 0 Å². The van der Waals surface area contributed by atoms with E-state index in [1.807, 2.05) is 21.8 Å². The second kappa shape index (κ2) is 9.88. The van der Waals surface area contributed by atoms with Crippen LogP contribution in [0.4, 0.5) is 0 Å². The number of fused-ring (bicyclic) bond motifs is 1. The van der Waals surface area contributed by atoms with Crippen molar-refractivity contribution in [3.8, 4) is 0 Å². The van der Waals surface area contributed by atoms with Gasteiger partial charge >= 0.3 is 0 Å². The van der Waals surface area contributed by atoms with E-state index in [0.717, 1.165) is 37.3 Å². The lowest BCUT2D eigenvalue weighted by Gasteiger charge is -2.29. The fourth-order valence-corrected chi connectivity index (χ4v) is 4.26. The highest BCUT2D eigenvalue weighted by atomic mass is 16.2. The van der Waals surface area contributed by atoms with Gasteiger partial charge in [-0.1, -0.05) is 12.8 Å². The van der Waals surface area contributed by atoms with E-state index in [2.05, 4.69) is 25.5 Å². The van der Waals surface area contributed by atoms with Gasteiger partial charge in [-0.05, 0) is 44.8 Å². The van der Waals surface area contributed by atoms with Crippen LogP contribution >= 0.6 is 0 Å². The number of carbonyl (C=O) groups excluding carboxylic acids is 2. The first-order chi connectivity index (χ1) is 14.7. The molecule has 1 saturated heterocycles. The van der Waals surface area contributed by atoms with Crippen LogP contribution in [-0.2, 0) is 24.3 Å². The summed E-state index contributed by atoms with van der Waals surface area (Å²) in [6.07, 6.45) is 10.0. The molecule has 9 nitrogen and oxygen atoms in total. The highest BCUT2D eigenvalue weighted by Gasteiger charge is 2.28. The second-order valence-electron chi connectivity index (χ2n) is 8.16. The first kappa shape index (κ1) is 20.6. The Morgan fingerprint density at radius 1 is 1.13 bits per heavy atom. The Morgan fingerprint density at radius 3 is 2.73 bits per heavy atom. The topological polar surface area (TPSA) is 99.1 Å². The summed E-state index contributed by atoms with van der Waals surface area (Å²) in [5.41, 5.74) is 2.29. The van der Waals surface area contributed by atoms with Crippen molar-refractivity contribution in [3.63, 3.8) is 0 Å².